The van der Waals surface area contributed by atoms with E-state index in [0.29, 0.717) is 23.0 Å². The van der Waals surface area contributed by atoms with E-state index in [1.54, 1.807) is 19.2 Å². The topological polar surface area (TPSA) is 92.9 Å². The molecule has 0 N–H and O–H groups in total. The molecule has 1 aromatic heterocycles. The number of methoxy groups -OCH3 is 1. The quantitative estimate of drug-likeness (QED) is 0.410. The normalized spacial score (nSPS) is 10.4. The van der Waals surface area contributed by atoms with E-state index >= 15 is 0 Å². The zero-order valence-electron chi connectivity index (χ0n) is 13.1. The minimum atomic E-state index is -0.175. The molecule has 0 atom stereocenters. The van der Waals surface area contributed by atoms with Crippen LogP contribution in [0.3, 0.4) is 0 Å². The summed E-state index contributed by atoms with van der Waals surface area (Å²) in [7, 11) is 1.60. The summed E-state index contributed by atoms with van der Waals surface area (Å²) in [6.45, 7) is 0.427. The van der Waals surface area contributed by atoms with Gasteiger partial charge in [-0.25, -0.2) is 4.68 Å². The average molecular weight is 321 g/mol. The molecule has 2 aromatic carbocycles. The Morgan fingerprint density at radius 2 is 1.88 bits per heavy atom. The number of nitrogens with zero attached hydrogens (tertiary/aromatic N) is 5. The van der Waals surface area contributed by atoms with Gasteiger partial charge in [-0.3, -0.25) is 4.79 Å². The Labute approximate surface area is 137 Å². The highest BCUT2D eigenvalue weighted by Crippen LogP contribution is 2.16. The standard InChI is InChI=1S/C17H15N5O2/c1-24-13-8-6-12(7-9-13)11-22-17(23)15-5-3-2-4-14(15)16(20-22)10-19-21-18/h2-9H,10-11H2,1H3. The summed E-state index contributed by atoms with van der Waals surface area (Å²) in [5.74, 6) is 0.751. The monoisotopic (exact) mass is 321 g/mol. The molecule has 0 saturated heterocycles. The van der Waals surface area contributed by atoms with Crippen molar-refractivity contribution < 1.29 is 4.74 Å². The fraction of sp³-hybridized carbons (Fsp3) is 0.176. The van der Waals surface area contributed by atoms with Crippen molar-refractivity contribution in [1.29, 1.82) is 0 Å². The molecule has 0 fully saturated rings. The van der Waals surface area contributed by atoms with Crippen molar-refractivity contribution in [2.75, 3.05) is 7.11 Å². The molecule has 0 aliphatic carbocycles. The van der Waals surface area contributed by atoms with Crippen LogP contribution < -0.4 is 10.3 Å². The number of azide groups is 1. The molecule has 0 aliphatic heterocycles. The van der Waals surface area contributed by atoms with Gasteiger partial charge in [0, 0.05) is 10.3 Å². The molecular weight excluding hydrogens is 306 g/mol. The predicted octanol–water partition coefficient (Wildman–Crippen LogP) is 3.26. The molecule has 0 bridgehead atoms. The first-order valence-corrected chi connectivity index (χ1v) is 7.35. The molecule has 120 valence electrons. The van der Waals surface area contributed by atoms with Gasteiger partial charge in [-0.05, 0) is 29.3 Å². The molecule has 7 heteroatoms. The second kappa shape index (κ2) is 6.85. The van der Waals surface area contributed by atoms with Crippen LogP contribution in [0.15, 0.2) is 58.4 Å². The van der Waals surface area contributed by atoms with Gasteiger partial charge in [0.2, 0.25) is 0 Å². The third kappa shape index (κ3) is 3.06. The molecule has 0 saturated carbocycles. The van der Waals surface area contributed by atoms with E-state index in [1.807, 2.05) is 36.4 Å². The second-order valence-corrected chi connectivity index (χ2v) is 5.19. The molecule has 0 radical (unpaired) electrons. The van der Waals surface area contributed by atoms with Crippen molar-refractivity contribution in [2.45, 2.75) is 13.1 Å². The zero-order valence-corrected chi connectivity index (χ0v) is 13.1. The van der Waals surface area contributed by atoms with E-state index < -0.39 is 0 Å². The van der Waals surface area contributed by atoms with Crippen LogP contribution in [0.25, 0.3) is 21.2 Å². The van der Waals surface area contributed by atoms with Gasteiger partial charge in [0.05, 0.1) is 31.3 Å². The lowest BCUT2D eigenvalue weighted by molar-refractivity contribution is 0.414. The molecule has 3 rings (SSSR count). The molecular formula is C17H15N5O2. The van der Waals surface area contributed by atoms with E-state index in [2.05, 4.69) is 15.1 Å². The number of fused-ring (bicyclic) bond motifs is 1. The van der Waals surface area contributed by atoms with Crippen molar-refractivity contribution >= 4 is 10.8 Å². The first kappa shape index (κ1) is 15.6. The molecule has 0 spiro atoms. The van der Waals surface area contributed by atoms with Gasteiger partial charge in [-0.2, -0.15) is 5.10 Å². The maximum atomic E-state index is 12.7. The molecule has 7 nitrogen and oxygen atoms in total. The summed E-state index contributed by atoms with van der Waals surface area (Å²) in [5, 5.41) is 9.23. The van der Waals surface area contributed by atoms with Crippen LogP contribution in [-0.4, -0.2) is 16.9 Å². The fourth-order valence-corrected chi connectivity index (χ4v) is 2.53. The summed E-state index contributed by atoms with van der Waals surface area (Å²) < 4.78 is 6.53. The second-order valence-electron chi connectivity index (χ2n) is 5.19. The Morgan fingerprint density at radius 1 is 1.17 bits per heavy atom. The van der Waals surface area contributed by atoms with E-state index in [4.69, 9.17) is 10.3 Å². The smallest absolute Gasteiger partial charge is 0.274 e. The van der Waals surface area contributed by atoms with Gasteiger partial charge in [0.15, 0.2) is 0 Å². The van der Waals surface area contributed by atoms with E-state index in [-0.39, 0.29) is 12.1 Å². The van der Waals surface area contributed by atoms with Crippen LogP contribution in [0.4, 0.5) is 0 Å². The van der Waals surface area contributed by atoms with Gasteiger partial charge < -0.3 is 4.74 Å². The SMILES string of the molecule is COc1ccc(Cn2nc(CN=[N+]=[N-])c3ccccc3c2=O)cc1. The first-order chi connectivity index (χ1) is 11.7. The molecule has 24 heavy (non-hydrogen) atoms. The number of hydrogen-bond donors (Lipinski definition) is 0. The largest absolute Gasteiger partial charge is 0.497 e. The fourth-order valence-electron chi connectivity index (χ4n) is 2.53. The number of benzene rings is 2. The van der Waals surface area contributed by atoms with Gasteiger partial charge >= 0.3 is 0 Å². The van der Waals surface area contributed by atoms with Gasteiger partial charge in [0.1, 0.15) is 5.75 Å². The zero-order chi connectivity index (χ0) is 16.9. The average Bonchev–Trinajstić information content (AvgIpc) is 2.63. The number of rotatable bonds is 5. The summed E-state index contributed by atoms with van der Waals surface area (Å²) in [4.78, 5) is 15.4. The van der Waals surface area contributed by atoms with Crippen LogP contribution in [0, 0.1) is 0 Å². The molecule has 0 unspecified atom stereocenters. The summed E-state index contributed by atoms with van der Waals surface area (Å²) >= 11 is 0. The highest BCUT2D eigenvalue weighted by Gasteiger charge is 2.10. The van der Waals surface area contributed by atoms with Crippen molar-refractivity contribution in [1.82, 2.24) is 9.78 Å². The van der Waals surface area contributed by atoms with Crippen molar-refractivity contribution in [2.24, 2.45) is 5.11 Å². The Kier molecular flexibility index (Phi) is 4.45. The number of ether oxygens (including phenoxy) is 1. The first-order valence-electron chi connectivity index (χ1n) is 7.35. The number of aromatic nitrogens is 2. The minimum absolute atomic E-state index is 0.0971. The summed E-state index contributed by atoms with van der Waals surface area (Å²) in [6, 6.07) is 14.6. The molecule has 3 aromatic rings. The third-order valence-electron chi connectivity index (χ3n) is 3.72. The van der Waals surface area contributed by atoms with Crippen LogP contribution in [0.2, 0.25) is 0 Å². The third-order valence-corrected chi connectivity index (χ3v) is 3.72. The van der Waals surface area contributed by atoms with Crippen LogP contribution in [0.1, 0.15) is 11.3 Å². The van der Waals surface area contributed by atoms with Crippen molar-refractivity contribution in [3.05, 3.63) is 80.6 Å². The van der Waals surface area contributed by atoms with E-state index in [1.165, 1.54) is 4.68 Å². The van der Waals surface area contributed by atoms with Crippen molar-refractivity contribution in [3.63, 3.8) is 0 Å². The lowest BCUT2D eigenvalue weighted by atomic mass is 10.1. The van der Waals surface area contributed by atoms with Gasteiger partial charge in [-0.1, -0.05) is 35.4 Å². The summed E-state index contributed by atoms with van der Waals surface area (Å²) in [5.41, 5.74) is 9.89. The lowest BCUT2D eigenvalue weighted by Crippen LogP contribution is -2.25. The van der Waals surface area contributed by atoms with Crippen LogP contribution in [-0.2, 0) is 13.1 Å². The number of hydrogen-bond acceptors (Lipinski definition) is 4. The lowest BCUT2D eigenvalue weighted by Gasteiger charge is -2.10. The predicted molar refractivity (Wildman–Crippen MR) is 90.9 cm³/mol. The maximum absolute atomic E-state index is 12.7. The van der Waals surface area contributed by atoms with Crippen molar-refractivity contribution in [3.8, 4) is 5.75 Å². The van der Waals surface area contributed by atoms with Crippen LogP contribution >= 0.6 is 0 Å². The summed E-state index contributed by atoms with van der Waals surface area (Å²) in [6.07, 6.45) is 0. The Balaban J connectivity index is 2.07. The van der Waals surface area contributed by atoms with Gasteiger partial charge in [-0.15, -0.1) is 0 Å². The minimum Gasteiger partial charge on any atom is -0.497 e. The van der Waals surface area contributed by atoms with E-state index in [9.17, 15) is 4.79 Å². The molecule has 1 heterocycles. The maximum Gasteiger partial charge on any atom is 0.274 e. The Hall–Kier alpha value is -3.31. The molecule has 0 amide bonds. The Bertz CT molecular complexity index is 972. The highest BCUT2D eigenvalue weighted by molar-refractivity contribution is 5.83. The Morgan fingerprint density at radius 3 is 2.54 bits per heavy atom. The van der Waals surface area contributed by atoms with Gasteiger partial charge in [0.25, 0.3) is 5.56 Å². The van der Waals surface area contributed by atoms with E-state index in [0.717, 1.165) is 11.3 Å². The van der Waals surface area contributed by atoms with Crippen LogP contribution in [0.5, 0.6) is 5.75 Å². The highest BCUT2D eigenvalue weighted by atomic mass is 16.5. The molecule has 0 aliphatic rings.